The van der Waals surface area contributed by atoms with Crippen LogP contribution in [0.1, 0.15) is 18.9 Å². The minimum absolute atomic E-state index is 0.485. The van der Waals surface area contributed by atoms with E-state index in [-0.39, 0.29) is 0 Å². The molecule has 2 heteroatoms. The first-order chi connectivity index (χ1) is 6.67. The van der Waals surface area contributed by atoms with Gasteiger partial charge < -0.3 is 0 Å². The summed E-state index contributed by atoms with van der Waals surface area (Å²) in [6.07, 6.45) is 0.792. The van der Waals surface area contributed by atoms with Gasteiger partial charge in [0.25, 0.3) is 0 Å². The summed E-state index contributed by atoms with van der Waals surface area (Å²) >= 11 is 0. The molecular formula is C12H16N2. The van der Waals surface area contributed by atoms with Crippen molar-refractivity contribution >= 4 is 0 Å². The standard InChI is InChI=1S/C12H16N2/c1-4-12(10-13,14(2)3)11-8-6-5-7-9-11/h5-9H,4H2,1-3H3. The first kappa shape index (κ1) is 10.7. The average molecular weight is 188 g/mol. The number of benzene rings is 1. The molecule has 2 nitrogen and oxygen atoms in total. The Morgan fingerprint density at radius 3 is 2.21 bits per heavy atom. The lowest BCUT2D eigenvalue weighted by atomic mass is 9.87. The second-order valence-corrected chi connectivity index (χ2v) is 3.59. The lowest BCUT2D eigenvalue weighted by molar-refractivity contribution is 0.211. The highest BCUT2D eigenvalue weighted by Crippen LogP contribution is 2.28. The molecule has 1 unspecified atom stereocenters. The molecule has 0 aliphatic heterocycles. The van der Waals surface area contributed by atoms with Crippen molar-refractivity contribution in [1.82, 2.24) is 4.90 Å². The number of hydrogen-bond donors (Lipinski definition) is 0. The topological polar surface area (TPSA) is 27.0 Å². The highest BCUT2D eigenvalue weighted by Gasteiger charge is 2.32. The number of rotatable bonds is 3. The molecule has 0 aliphatic carbocycles. The molecule has 1 aromatic rings. The highest BCUT2D eigenvalue weighted by atomic mass is 15.1. The van der Waals surface area contributed by atoms with Gasteiger partial charge in [-0.2, -0.15) is 5.26 Å². The first-order valence-electron chi connectivity index (χ1n) is 4.81. The largest absolute Gasteiger partial charge is 0.288 e. The van der Waals surface area contributed by atoms with Crippen LogP contribution in [0.5, 0.6) is 0 Å². The summed E-state index contributed by atoms with van der Waals surface area (Å²) in [6.45, 7) is 2.04. The van der Waals surface area contributed by atoms with E-state index in [4.69, 9.17) is 0 Å². The Labute approximate surface area is 85.8 Å². The fourth-order valence-electron chi connectivity index (χ4n) is 1.74. The van der Waals surface area contributed by atoms with Gasteiger partial charge in [-0.1, -0.05) is 37.3 Å². The van der Waals surface area contributed by atoms with Gasteiger partial charge in [0.15, 0.2) is 0 Å². The van der Waals surface area contributed by atoms with Gasteiger partial charge in [-0.25, -0.2) is 0 Å². The van der Waals surface area contributed by atoms with Gasteiger partial charge in [0.05, 0.1) is 6.07 Å². The maximum Gasteiger partial charge on any atom is 0.134 e. The van der Waals surface area contributed by atoms with Crippen molar-refractivity contribution in [3.63, 3.8) is 0 Å². The second-order valence-electron chi connectivity index (χ2n) is 3.59. The summed E-state index contributed by atoms with van der Waals surface area (Å²) < 4.78 is 0. The average Bonchev–Trinajstić information content (AvgIpc) is 2.22. The van der Waals surface area contributed by atoms with Crippen LogP contribution in [0, 0.1) is 11.3 Å². The van der Waals surface area contributed by atoms with E-state index in [1.807, 2.05) is 56.3 Å². The van der Waals surface area contributed by atoms with Crippen LogP contribution < -0.4 is 0 Å². The Kier molecular flexibility index (Phi) is 3.27. The molecule has 0 fully saturated rings. The predicted octanol–water partition coefficient (Wildman–Crippen LogP) is 2.38. The Balaban J connectivity index is 3.20. The van der Waals surface area contributed by atoms with Gasteiger partial charge in [0.1, 0.15) is 5.54 Å². The molecule has 0 saturated carbocycles. The number of nitriles is 1. The van der Waals surface area contributed by atoms with Crippen LogP contribution in [0.4, 0.5) is 0 Å². The lowest BCUT2D eigenvalue weighted by Gasteiger charge is -2.32. The fourth-order valence-corrected chi connectivity index (χ4v) is 1.74. The van der Waals surface area contributed by atoms with Crippen LogP contribution >= 0.6 is 0 Å². The van der Waals surface area contributed by atoms with Gasteiger partial charge in [0.2, 0.25) is 0 Å². The minimum Gasteiger partial charge on any atom is -0.288 e. The van der Waals surface area contributed by atoms with Crippen molar-refractivity contribution in [2.45, 2.75) is 18.9 Å². The Morgan fingerprint density at radius 1 is 1.29 bits per heavy atom. The Morgan fingerprint density at radius 2 is 1.86 bits per heavy atom. The smallest absolute Gasteiger partial charge is 0.134 e. The molecule has 0 heterocycles. The molecule has 1 aromatic carbocycles. The molecule has 0 amide bonds. The van der Waals surface area contributed by atoms with E-state index in [9.17, 15) is 5.26 Å². The Hall–Kier alpha value is -1.33. The molecular weight excluding hydrogens is 172 g/mol. The van der Waals surface area contributed by atoms with E-state index in [0.29, 0.717) is 0 Å². The van der Waals surface area contributed by atoms with Gasteiger partial charge in [-0.05, 0) is 26.1 Å². The molecule has 0 saturated heterocycles. The molecule has 1 rings (SSSR count). The van der Waals surface area contributed by atoms with Crippen molar-refractivity contribution in [2.75, 3.05) is 14.1 Å². The van der Waals surface area contributed by atoms with Crippen molar-refractivity contribution in [3.05, 3.63) is 35.9 Å². The third kappa shape index (κ3) is 1.64. The zero-order valence-electron chi connectivity index (χ0n) is 8.99. The minimum atomic E-state index is -0.485. The Bertz CT molecular complexity index is 324. The van der Waals surface area contributed by atoms with E-state index in [1.165, 1.54) is 0 Å². The maximum absolute atomic E-state index is 9.31. The fraction of sp³-hybridized carbons (Fsp3) is 0.417. The van der Waals surface area contributed by atoms with Crippen molar-refractivity contribution in [2.24, 2.45) is 0 Å². The van der Waals surface area contributed by atoms with Gasteiger partial charge in [0, 0.05) is 0 Å². The molecule has 74 valence electrons. The molecule has 0 aliphatic rings. The van der Waals surface area contributed by atoms with E-state index >= 15 is 0 Å². The summed E-state index contributed by atoms with van der Waals surface area (Å²) in [4.78, 5) is 1.97. The van der Waals surface area contributed by atoms with E-state index in [0.717, 1.165) is 12.0 Å². The third-order valence-electron chi connectivity index (χ3n) is 2.71. The summed E-state index contributed by atoms with van der Waals surface area (Å²) in [5, 5.41) is 9.31. The zero-order valence-corrected chi connectivity index (χ0v) is 8.99. The molecule has 14 heavy (non-hydrogen) atoms. The van der Waals surface area contributed by atoms with Crippen molar-refractivity contribution < 1.29 is 0 Å². The molecule has 1 atom stereocenters. The van der Waals surface area contributed by atoms with Gasteiger partial charge in [-0.3, -0.25) is 4.90 Å². The highest BCUT2D eigenvalue weighted by molar-refractivity contribution is 5.30. The maximum atomic E-state index is 9.31. The SMILES string of the molecule is CCC(C#N)(c1ccccc1)N(C)C. The van der Waals surface area contributed by atoms with Crippen molar-refractivity contribution in [3.8, 4) is 6.07 Å². The monoisotopic (exact) mass is 188 g/mol. The lowest BCUT2D eigenvalue weighted by Crippen LogP contribution is -2.39. The van der Waals surface area contributed by atoms with Gasteiger partial charge >= 0.3 is 0 Å². The number of nitrogens with zero attached hydrogens (tertiary/aromatic N) is 2. The van der Waals surface area contributed by atoms with Crippen molar-refractivity contribution in [1.29, 1.82) is 5.26 Å². The summed E-state index contributed by atoms with van der Waals surface area (Å²) in [6, 6.07) is 12.3. The van der Waals surface area contributed by atoms with Crippen LogP contribution in [0.3, 0.4) is 0 Å². The third-order valence-corrected chi connectivity index (χ3v) is 2.71. The molecule has 0 N–H and O–H groups in total. The van der Waals surface area contributed by atoms with Crippen LogP contribution in [0.15, 0.2) is 30.3 Å². The van der Waals surface area contributed by atoms with Crippen LogP contribution in [0.25, 0.3) is 0 Å². The van der Waals surface area contributed by atoms with E-state index < -0.39 is 5.54 Å². The molecule has 0 spiro atoms. The second kappa shape index (κ2) is 4.26. The molecule has 0 bridgehead atoms. The van der Waals surface area contributed by atoms with Gasteiger partial charge in [-0.15, -0.1) is 0 Å². The summed E-state index contributed by atoms with van der Waals surface area (Å²) in [5.41, 5.74) is 0.580. The van der Waals surface area contributed by atoms with Crippen LogP contribution in [-0.2, 0) is 5.54 Å². The quantitative estimate of drug-likeness (QED) is 0.728. The zero-order chi connectivity index (χ0) is 10.6. The van der Waals surface area contributed by atoms with Crippen LogP contribution in [-0.4, -0.2) is 19.0 Å². The first-order valence-corrected chi connectivity index (χ1v) is 4.81. The summed E-state index contributed by atoms with van der Waals surface area (Å²) in [5.74, 6) is 0. The number of hydrogen-bond acceptors (Lipinski definition) is 2. The van der Waals surface area contributed by atoms with Crippen LogP contribution in [0.2, 0.25) is 0 Å². The molecule has 0 aromatic heterocycles. The normalized spacial score (nSPS) is 14.8. The predicted molar refractivity (Wildman–Crippen MR) is 57.7 cm³/mol. The van der Waals surface area contributed by atoms with E-state index in [1.54, 1.807) is 0 Å². The summed E-state index contributed by atoms with van der Waals surface area (Å²) in [7, 11) is 3.89. The van der Waals surface area contributed by atoms with E-state index in [2.05, 4.69) is 6.07 Å². The molecule has 0 radical (unpaired) electrons.